The molecule has 4 heteroatoms. The monoisotopic (exact) mass is 428 g/mol. The fourth-order valence-electron chi connectivity index (χ4n) is 4.49. The van der Waals surface area contributed by atoms with Crippen molar-refractivity contribution >= 4 is 11.6 Å². The summed E-state index contributed by atoms with van der Waals surface area (Å²) in [5.41, 5.74) is 3.44. The lowest BCUT2D eigenvalue weighted by Crippen LogP contribution is -2.34. The number of likely N-dealkylation sites (tertiary alicyclic amines) is 1. The van der Waals surface area contributed by atoms with Crippen molar-refractivity contribution in [2.45, 2.75) is 38.2 Å². The fraction of sp³-hybridized carbons (Fsp3) is 0.321. The molecule has 0 saturated carbocycles. The molecule has 1 fully saturated rings. The first-order chi connectivity index (χ1) is 15.7. The van der Waals surface area contributed by atoms with E-state index in [-0.39, 0.29) is 12.0 Å². The molecule has 1 aliphatic heterocycles. The molecule has 0 spiro atoms. The number of rotatable bonds is 8. The Bertz CT molecular complexity index is 983. The van der Waals surface area contributed by atoms with Crippen LogP contribution < -0.4 is 10.1 Å². The van der Waals surface area contributed by atoms with Crippen LogP contribution in [0.15, 0.2) is 84.9 Å². The van der Waals surface area contributed by atoms with Crippen LogP contribution >= 0.6 is 0 Å². The summed E-state index contributed by atoms with van der Waals surface area (Å²) in [4.78, 5) is 13.9. The molecule has 1 amide bonds. The summed E-state index contributed by atoms with van der Waals surface area (Å²) in [6.07, 6.45) is 3.28. The zero-order valence-electron chi connectivity index (χ0n) is 18.7. The molecule has 0 aliphatic carbocycles. The zero-order chi connectivity index (χ0) is 22.2. The summed E-state index contributed by atoms with van der Waals surface area (Å²) in [5, 5.41) is 2.90. The summed E-state index contributed by atoms with van der Waals surface area (Å²) in [6.45, 7) is 4.74. The molecule has 0 aromatic heterocycles. The van der Waals surface area contributed by atoms with E-state index in [0.717, 1.165) is 50.3 Å². The number of piperidine rings is 1. The number of ether oxygens (including phenoxy) is 1. The smallest absolute Gasteiger partial charge is 0.221 e. The van der Waals surface area contributed by atoms with Gasteiger partial charge in [-0.05, 0) is 67.2 Å². The van der Waals surface area contributed by atoms with Crippen molar-refractivity contribution in [3.8, 4) is 5.75 Å². The van der Waals surface area contributed by atoms with Gasteiger partial charge in [0.05, 0.1) is 0 Å². The highest BCUT2D eigenvalue weighted by atomic mass is 16.5. The second-order valence-corrected chi connectivity index (χ2v) is 8.54. The number of anilines is 1. The summed E-state index contributed by atoms with van der Waals surface area (Å²) >= 11 is 0. The minimum Gasteiger partial charge on any atom is -0.486 e. The number of nitrogens with zero attached hydrogens (tertiary/aromatic N) is 1. The third-order valence-electron chi connectivity index (χ3n) is 6.17. The van der Waals surface area contributed by atoms with Gasteiger partial charge < -0.3 is 15.0 Å². The molecule has 1 saturated heterocycles. The standard InChI is InChI=1S/C28H32N2O2/c1-22(31)29-26-12-8-11-25(21-26)23-15-18-30(19-16-23)20-17-28(24-9-4-2-5-10-24)32-27-13-6-3-7-14-27/h2-14,21,23,28H,15-20H2,1H3,(H,29,31). The highest BCUT2D eigenvalue weighted by molar-refractivity contribution is 5.88. The Labute approximate surface area is 191 Å². The molecule has 0 bridgehead atoms. The van der Waals surface area contributed by atoms with Crippen LogP contribution in [0.2, 0.25) is 0 Å². The fourth-order valence-corrected chi connectivity index (χ4v) is 4.49. The van der Waals surface area contributed by atoms with Crippen LogP contribution in [0.4, 0.5) is 5.69 Å². The van der Waals surface area contributed by atoms with E-state index in [9.17, 15) is 4.79 Å². The first-order valence-electron chi connectivity index (χ1n) is 11.5. The molecule has 3 aromatic carbocycles. The maximum Gasteiger partial charge on any atom is 0.221 e. The van der Waals surface area contributed by atoms with Crippen molar-refractivity contribution in [2.24, 2.45) is 0 Å². The molecular formula is C28H32N2O2. The average molecular weight is 429 g/mol. The number of nitrogens with one attached hydrogen (secondary N) is 1. The maximum absolute atomic E-state index is 11.4. The van der Waals surface area contributed by atoms with Gasteiger partial charge in [0.25, 0.3) is 0 Å². The minimum absolute atomic E-state index is 0.0253. The summed E-state index contributed by atoms with van der Waals surface area (Å²) in [7, 11) is 0. The first-order valence-corrected chi connectivity index (χ1v) is 11.5. The van der Waals surface area contributed by atoms with Crippen LogP contribution in [0.5, 0.6) is 5.75 Å². The van der Waals surface area contributed by atoms with Gasteiger partial charge in [-0.15, -0.1) is 0 Å². The van der Waals surface area contributed by atoms with E-state index in [0.29, 0.717) is 5.92 Å². The van der Waals surface area contributed by atoms with E-state index in [1.165, 1.54) is 11.1 Å². The molecule has 1 heterocycles. The Kier molecular flexibility index (Phi) is 7.57. The van der Waals surface area contributed by atoms with Crippen molar-refractivity contribution in [1.29, 1.82) is 0 Å². The average Bonchev–Trinajstić information content (AvgIpc) is 2.83. The largest absolute Gasteiger partial charge is 0.486 e. The van der Waals surface area contributed by atoms with Gasteiger partial charge >= 0.3 is 0 Å². The van der Waals surface area contributed by atoms with E-state index in [1.54, 1.807) is 6.92 Å². The predicted octanol–water partition coefficient (Wildman–Crippen LogP) is 6.03. The second kappa shape index (κ2) is 11.0. The van der Waals surface area contributed by atoms with E-state index < -0.39 is 0 Å². The third kappa shape index (κ3) is 6.21. The van der Waals surface area contributed by atoms with Crippen LogP contribution in [0.1, 0.15) is 49.3 Å². The van der Waals surface area contributed by atoms with E-state index in [4.69, 9.17) is 4.74 Å². The topological polar surface area (TPSA) is 41.6 Å². The Hall–Kier alpha value is -3.11. The molecule has 166 valence electrons. The van der Waals surface area contributed by atoms with Crippen molar-refractivity contribution in [2.75, 3.05) is 25.0 Å². The van der Waals surface area contributed by atoms with Crippen LogP contribution in [0.25, 0.3) is 0 Å². The highest BCUT2D eigenvalue weighted by Gasteiger charge is 2.22. The molecule has 0 radical (unpaired) electrons. The maximum atomic E-state index is 11.4. The molecular weight excluding hydrogens is 396 g/mol. The van der Waals surface area contributed by atoms with Crippen LogP contribution in [-0.2, 0) is 4.79 Å². The molecule has 4 nitrogen and oxygen atoms in total. The quantitative estimate of drug-likeness (QED) is 0.476. The lowest BCUT2D eigenvalue weighted by Gasteiger charge is -2.33. The van der Waals surface area contributed by atoms with Crippen molar-refractivity contribution in [3.05, 3.63) is 96.1 Å². The highest BCUT2D eigenvalue weighted by Crippen LogP contribution is 2.31. The van der Waals surface area contributed by atoms with Crippen molar-refractivity contribution < 1.29 is 9.53 Å². The summed E-state index contributed by atoms with van der Waals surface area (Å²) < 4.78 is 6.37. The zero-order valence-corrected chi connectivity index (χ0v) is 18.7. The number of hydrogen-bond acceptors (Lipinski definition) is 3. The van der Waals surface area contributed by atoms with Crippen LogP contribution in [-0.4, -0.2) is 30.4 Å². The Morgan fingerprint density at radius 3 is 2.34 bits per heavy atom. The van der Waals surface area contributed by atoms with Gasteiger partial charge in [-0.2, -0.15) is 0 Å². The van der Waals surface area contributed by atoms with Crippen molar-refractivity contribution in [3.63, 3.8) is 0 Å². The van der Waals surface area contributed by atoms with Crippen LogP contribution in [0, 0.1) is 0 Å². The lowest BCUT2D eigenvalue weighted by molar-refractivity contribution is -0.114. The van der Waals surface area contributed by atoms with E-state index >= 15 is 0 Å². The van der Waals surface area contributed by atoms with E-state index in [1.807, 2.05) is 42.5 Å². The molecule has 1 aliphatic rings. The molecule has 3 aromatic rings. The summed E-state index contributed by atoms with van der Waals surface area (Å²) in [6, 6.07) is 28.9. The number of carbonyl (C=O) groups is 1. The molecule has 1 N–H and O–H groups in total. The lowest BCUT2D eigenvalue weighted by atomic mass is 9.89. The number of carbonyl (C=O) groups excluding carboxylic acids is 1. The van der Waals surface area contributed by atoms with Gasteiger partial charge in [-0.3, -0.25) is 4.79 Å². The van der Waals surface area contributed by atoms with E-state index in [2.05, 4.69) is 52.7 Å². The van der Waals surface area contributed by atoms with Gasteiger partial charge in [-0.25, -0.2) is 0 Å². The Morgan fingerprint density at radius 2 is 1.66 bits per heavy atom. The Morgan fingerprint density at radius 1 is 0.969 bits per heavy atom. The normalized spacial score (nSPS) is 15.8. The SMILES string of the molecule is CC(=O)Nc1cccc(C2CCN(CCC(Oc3ccccc3)c3ccccc3)CC2)c1. The van der Waals surface area contributed by atoms with Gasteiger partial charge in [-0.1, -0.05) is 60.7 Å². The first kappa shape index (κ1) is 22.1. The molecule has 1 unspecified atom stereocenters. The summed E-state index contributed by atoms with van der Waals surface area (Å²) in [5.74, 6) is 1.44. The predicted molar refractivity (Wildman–Crippen MR) is 130 cm³/mol. The second-order valence-electron chi connectivity index (χ2n) is 8.54. The Balaban J connectivity index is 1.33. The molecule has 4 rings (SSSR count). The number of para-hydroxylation sites is 1. The van der Waals surface area contributed by atoms with Gasteiger partial charge in [0, 0.05) is 25.6 Å². The van der Waals surface area contributed by atoms with Gasteiger partial charge in [0.15, 0.2) is 0 Å². The molecule has 32 heavy (non-hydrogen) atoms. The molecule has 1 atom stereocenters. The third-order valence-corrected chi connectivity index (χ3v) is 6.17. The van der Waals surface area contributed by atoms with Gasteiger partial charge in [0.1, 0.15) is 11.9 Å². The number of amides is 1. The minimum atomic E-state index is -0.0253. The van der Waals surface area contributed by atoms with Gasteiger partial charge in [0.2, 0.25) is 5.91 Å². The number of benzene rings is 3. The van der Waals surface area contributed by atoms with Crippen molar-refractivity contribution in [1.82, 2.24) is 4.90 Å². The van der Waals surface area contributed by atoms with Crippen LogP contribution in [0.3, 0.4) is 0 Å². The number of hydrogen-bond donors (Lipinski definition) is 1.